The number of halogens is 3. The normalized spacial score (nSPS) is 23.6. The highest BCUT2D eigenvalue weighted by atomic mass is 19.4. The molecule has 5 nitrogen and oxygen atoms in total. The number of hydrogen-bond donors (Lipinski definition) is 3. The maximum atomic E-state index is 10.6. The molecule has 0 aromatic carbocycles. The van der Waals surface area contributed by atoms with Gasteiger partial charge in [0.1, 0.15) is 6.04 Å². The van der Waals surface area contributed by atoms with Crippen molar-refractivity contribution in [1.29, 1.82) is 0 Å². The van der Waals surface area contributed by atoms with Crippen LogP contribution in [0.15, 0.2) is 12.2 Å². The highest BCUT2D eigenvalue weighted by Gasteiger charge is 2.38. The van der Waals surface area contributed by atoms with Crippen molar-refractivity contribution in [1.82, 2.24) is 5.32 Å². The standard InChI is InChI=1S/C8H13NO2.C2HF3O2/c1-2-3-6-4-7(8(10)11)9-5-6;3-2(4,5)1(6)7/h2-3,6-7,9H,4-5H2,1H3,(H,10,11);(H,6,7)/b3-2-;. The van der Waals surface area contributed by atoms with Crippen LogP contribution in [0.1, 0.15) is 13.3 Å². The van der Waals surface area contributed by atoms with E-state index in [2.05, 4.69) is 11.4 Å². The first kappa shape index (κ1) is 16.4. The fraction of sp³-hybridized carbons (Fsp3) is 0.600. The molecule has 0 radical (unpaired) electrons. The quantitative estimate of drug-likeness (QED) is 0.657. The molecule has 1 rings (SSSR count). The number of carboxylic acid groups (broad SMARTS) is 2. The molecule has 0 aliphatic carbocycles. The maximum Gasteiger partial charge on any atom is 0.490 e. The molecule has 0 saturated carbocycles. The molecule has 18 heavy (non-hydrogen) atoms. The Morgan fingerprint density at radius 3 is 2.11 bits per heavy atom. The zero-order valence-electron chi connectivity index (χ0n) is 9.57. The van der Waals surface area contributed by atoms with Crippen LogP contribution in [0.4, 0.5) is 13.2 Å². The molecule has 1 aliphatic rings. The van der Waals surface area contributed by atoms with Crippen molar-refractivity contribution in [3.63, 3.8) is 0 Å². The lowest BCUT2D eigenvalue weighted by Crippen LogP contribution is -2.29. The minimum Gasteiger partial charge on any atom is -0.480 e. The van der Waals surface area contributed by atoms with E-state index < -0.39 is 18.1 Å². The van der Waals surface area contributed by atoms with Crippen LogP contribution in [0.25, 0.3) is 0 Å². The smallest absolute Gasteiger partial charge is 0.480 e. The van der Waals surface area contributed by atoms with Crippen molar-refractivity contribution in [2.45, 2.75) is 25.6 Å². The minimum absolute atomic E-state index is 0.337. The van der Waals surface area contributed by atoms with Crippen molar-refractivity contribution in [2.24, 2.45) is 5.92 Å². The monoisotopic (exact) mass is 269 g/mol. The number of allylic oxidation sites excluding steroid dienone is 1. The van der Waals surface area contributed by atoms with Gasteiger partial charge in [0.25, 0.3) is 0 Å². The molecule has 0 aromatic heterocycles. The molecule has 104 valence electrons. The topological polar surface area (TPSA) is 86.6 Å². The van der Waals surface area contributed by atoms with E-state index in [0.717, 1.165) is 13.0 Å². The molecule has 3 N–H and O–H groups in total. The first-order valence-electron chi connectivity index (χ1n) is 5.07. The Balaban J connectivity index is 0.000000360. The van der Waals surface area contributed by atoms with E-state index in [1.165, 1.54) is 0 Å². The third-order valence-corrected chi connectivity index (χ3v) is 2.17. The summed E-state index contributed by atoms with van der Waals surface area (Å²) in [5.41, 5.74) is 0. The van der Waals surface area contributed by atoms with E-state index in [-0.39, 0.29) is 6.04 Å². The van der Waals surface area contributed by atoms with E-state index in [9.17, 15) is 18.0 Å². The summed E-state index contributed by atoms with van der Waals surface area (Å²) in [5, 5.41) is 18.7. The average Bonchev–Trinajstić information content (AvgIpc) is 2.66. The Morgan fingerprint density at radius 2 is 1.83 bits per heavy atom. The van der Waals surface area contributed by atoms with E-state index >= 15 is 0 Å². The Kier molecular flexibility index (Phi) is 6.39. The van der Waals surface area contributed by atoms with Crippen molar-refractivity contribution in [3.8, 4) is 0 Å². The largest absolute Gasteiger partial charge is 0.490 e. The van der Waals surface area contributed by atoms with Gasteiger partial charge in [-0.05, 0) is 19.3 Å². The Morgan fingerprint density at radius 1 is 1.33 bits per heavy atom. The number of carbonyl (C=O) groups is 2. The van der Waals surface area contributed by atoms with Gasteiger partial charge in [-0.25, -0.2) is 4.79 Å². The molecule has 2 atom stereocenters. The molecule has 0 bridgehead atoms. The van der Waals surface area contributed by atoms with Crippen LogP contribution >= 0.6 is 0 Å². The Hall–Kier alpha value is -1.57. The second kappa shape index (κ2) is 7.00. The van der Waals surface area contributed by atoms with E-state index in [1.54, 1.807) is 0 Å². The van der Waals surface area contributed by atoms with Gasteiger partial charge < -0.3 is 15.5 Å². The van der Waals surface area contributed by atoms with Gasteiger partial charge >= 0.3 is 18.1 Å². The maximum absolute atomic E-state index is 10.6. The van der Waals surface area contributed by atoms with Gasteiger partial charge in [-0.3, -0.25) is 4.79 Å². The molecule has 1 saturated heterocycles. The van der Waals surface area contributed by atoms with Gasteiger partial charge in [0.15, 0.2) is 0 Å². The van der Waals surface area contributed by atoms with Crippen LogP contribution in [0, 0.1) is 5.92 Å². The molecule has 0 spiro atoms. The minimum atomic E-state index is -5.08. The second-order valence-electron chi connectivity index (χ2n) is 3.62. The van der Waals surface area contributed by atoms with Crippen LogP contribution in [0.2, 0.25) is 0 Å². The van der Waals surface area contributed by atoms with E-state index in [1.807, 2.05) is 13.0 Å². The van der Waals surface area contributed by atoms with Gasteiger partial charge in [0.2, 0.25) is 0 Å². The Bertz CT molecular complexity index is 328. The molecular weight excluding hydrogens is 255 g/mol. The molecule has 1 aliphatic heterocycles. The summed E-state index contributed by atoms with van der Waals surface area (Å²) in [6.45, 7) is 2.75. The van der Waals surface area contributed by atoms with E-state index in [0.29, 0.717) is 5.92 Å². The predicted molar refractivity (Wildman–Crippen MR) is 56.0 cm³/mol. The molecule has 1 heterocycles. The number of carboxylic acids is 2. The van der Waals surface area contributed by atoms with Gasteiger partial charge in [-0.2, -0.15) is 13.2 Å². The van der Waals surface area contributed by atoms with E-state index in [4.69, 9.17) is 15.0 Å². The summed E-state index contributed by atoms with van der Waals surface area (Å²) in [6, 6.07) is -0.337. The van der Waals surface area contributed by atoms with Crippen LogP contribution in [-0.4, -0.2) is 40.9 Å². The first-order chi connectivity index (χ1) is 8.18. The fourth-order valence-electron chi connectivity index (χ4n) is 1.37. The third-order valence-electron chi connectivity index (χ3n) is 2.17. The summed E-state index contributed by atoms with van der Waals surface area (Å²) in [4.78, 5) is 19.4. The zero-order valence-corrected chi connectivity index (χ0v) is 9.57. The number of hydrogen-bond acceptors (Lipinski definition) is 3. The molecule has 0 amide bonds. The fourth-order valence-corrected chi connectivity index (χ4v) is 1.37. The predicted octanol–water partition coefficient (Wildman–Crippen LogP) is 1.26. The summed E-state index contributed by atoms with van der Waals surface area (Å²) in [7, 11) is 0. The molecule has 1 fully saturated rings. The average molecular weight is 269 g/mol. The highest BCUT2D eigenvalue weighted by Crippen LogP contribution is 2.15. The molecule has 0 aromatic rings. The SMILES string of the molecule is C/C=C\C1CNC(C(=O)O)C1.O=C(O)C(F)(F)F. The molecular formula is C10H14F3NO4. The lowest BCUT2D eigenvalue weighted by Gasteiger charge is -2.00. The highest BCUT2D eigenvalue weighted by molar-refractivity contribution is 5.74. The summed E-state index contributed by atoms with van der Waals surface area (Å²) in [6.07, 6.45) is -0.341. The second-order valence-corrected chi connectivity index (χ2v) is 3.62. The lowest BCUT2D eigenvalue weighted by molar-refractivity contribution is -0.192. The van der Waals surface area contributed by atoms with Crippen molar-refractivity contribution >= 4 is 11.9 Å². The van der Waals surface area contributed by atoms with Crippen molar-refractivity contribution in [2.75, 3.05) is 6.54 Å². The van der Waals surface area contributed by atoms with Crippen LogP contribution in [0.3, 0.4) is 0 Å². The number of aliphatic carboxylic acids is 2. The van der Waals surface area contributed by atoms with Gasteiger partial charge in [0.05, 0.1) is 0 Å². The summed E-state index contributed by atoms with van der Waals surface area (Å²) in [5.74, 6) is -3.09. The van der Waals surface area contributed by atoms with Crippen LogP contribution in [0.5, 0.6) is 0 Å². The molecule has 8 heteroatoms. The zero-order chi connectivity index (χ0) is 14.3. The van der Waals surface area contributed by atoms with Crippen LogP contribution in [-0.2, 0) is 9.59 Å². The summed E-state index contributed by atoms with van der Waals surface area (Å²) >= 11 is 0. The van der Waals surface area contributed by atoms with Gasteiger partial charge in [-0.15, -0.1) is 0 Å². The third kappa shape index (κ3) is 6.24. The van der Waals surface area contributed by atoms with Crippen molar-refractivity contribution in [3.05, 3.63) is 12.2 Å². The molecule has 2 unspecified atom stereocenters. The summed E-state index contributed by atoms with van der Waals surface area (Å²) < 4.78 is 31.7. The van der Waals surface area contributed by atoms with Crippen LogP contribution < -0.4 is 5.32 Å². The number of alkyl halides is 3. The number of rotatable bonds is 2. The van der Waals surface area contributed by atoms with Crippen molar-refractivity contribution < 1.29 is 33.0 Å². The first-order valence-corrected chi connectivity index (χ1v) is 5.07. The van der Waals surface area contributed by atoms with Gasteiger partial charge in [0, 0.05) is 6.54 Å². The van der Waals surface area contributed by atoms with Gasteiger partial charge in [-0.1, -0.05) is 12.2 Å². The number of nitrogens with one attached hydrogen (secondary N) is 1. The lowest BCUT2D eigenvalue weighted by atomic mass is 10.1. The Labute approximate surface area is 101 Å².